The van der Waals surface area contributed by atoms with Crippen LogP contribution in [0.15, 0.2) is 16.9 Å². The highest BCUT2D eigenvalue weighted by atomic mass is 16.5. The zero-order valence-electron chi connectivity index (χ0n) is 12.5. The first-order valence-corrected chi connectivity index (χ1v) is 7.61. The summed E-state index contributed by atoms with van der Waals surface area (Å²) in [6.45, 7) is 5.16. The molecule has 0 aliphatic heterocycles. The first-order chi connectivity index (χ1) is 10.3. The van der Waals surface area contributed by atoms with Crippen molar-refractivity contribution in [3.05, 3.63) is 23.8 Å². The van der Waals surface area contributed by atoms with Crippen molar-refractivity contribution >= 4 is 0 Å². The van der Waals surface area contributed by atoms with Crippen molar-refractivity contribution in [1.82, 2.24) is 25.4 Å². The molecule has 112 valence electrons. The molecule has 21 heavy (non-hydrogen) atoms. The van der Waals surface area contributed by atoms with Gasteiger partial charge in [0.25, 0.3) is 0 Å². The molecule has 2 heterocycles. The summed E-state index contributed by atoms with van der Waals surface area (Å²) in [7, 11) is 0. The third kappa shape index (κ3) is 3.64. The predicted molar refractivity (Wildman–Crippen MR) is 78.6 cm³/mol. The fourth-order valence-corrected chi connectivity index (χ4v) is 2.36. The quantitative estimate of drug-likeness (QED) is 0.841. The molecule has 0 radical (unpaired) electrons. The van der Waals surface area contributed by atoms with Crippen molar-refractivity contribution in [2.45, 2.75) is 45.6 Å². The molecule has 6 heteroatoms. The molecule has 2 aromatic rings. The maximum Gasteiger partial charge on any atom is 0.240 e. The summed E-state index contributed by atoms with van der Waals surface area (Å²) in [6, 6.07) is 0.442. The summed E-state index contributed by atoms with van der Waals surface area (Å²) in [4.78, 5) is 12.9. The maximum absolute atomic E-state index is 5.36. The molecule has 3 rings (SSSR count). The van der Waals surface area contributed by atoms with Crippen LogP contribution >= 0.6 is 0 Å². The second-order valence-corrected chi connectivity index (χ2v) is 5.70. The minimum Gasteiger partial charge on any atom is -0.339 e. The van der Waals surface area contributed by atoms with Gasteiger partial charge in [0.1, 0.15) is 0 Å². The molecule has 1 N–H and O–H groups in total. The fourth-order valence-electron chi connectivity index (χ4n) is 2.36. The van der Waals surface area contributed by atoms with Gasteiger partial charge in [0, 0.05) is 24.9 Å². The molecule has 0 aromatic carbocycles. The minimum absolute atomic E-state index is 0.442. The molecular weight excluding hydrogens is 266 g/mol. The van der Waals surface area contributed by atoms with Crippen molar-refractivity contribution in [3.8, 4) is 11.6 Å². The van der Waals surface area contributed by atoms with Gasteiger partial charge in [-0.25, -0.2) is 9.97 Å². The van der Waals surface area contributed by atoms with Gasteiger partial charge in [-0.05, 0) is 44.2 Å². The highest BCUT2D eigenvalue weighted by Gasteiger charge is 2.32. The van der Waals surface area contributed by atoms with Gasteiger partial charge in [0.2, 0.25) is 17.5 Å². The van der Waals surface area contributed by atoms with E-state index in [2.05, 4.69) is 32.3 Å². The van der Waals surface area contributed by atoms with Gasteiger partial charge >= 0.3 is 0 Å². The van der Waals surface area contributed by atoms with Crippen molar-refractivity contribution in [2.75, 3.05) is 6.54 Å². The average Bonchev–Trinajstić information content (AvgIpc) is 3.24. The van der Waals surface area contributed by atoms with E-state index in [0.29, 0.717) is 23.6 Å². The molecule has 0 bridgehead atoms. The topological polar surface area (TPSA) is 76.7 Å². The Morgan fingerprint density at radius 1 is 1.29 bits per heavy atom. The van der Waals surface area contributed by atoms with Crippen LogP contribution in [0.5, 0.6) is 0 Å². The molecule has 1 atom stereocenters. The van der Waals surface area contributed by atoms with Crippen LogP contribution in [0.2, 0.25) is 0 Å². The molecule has 1 aliphatic carbocycles. The number of nitrogens with zero attached hydrogens (tertiary/aromatic N) is 4. The predicted octanol–water partition coefficient (Wildman–Crippen LogP) is 2.16. The number of aromatic nitrogens is 4. The van der Waals surface area contributed by atoms with Crippen LogP contribution in [0.25, 0.3) is 11.6 Å². The molecule has 0 spiro atoms. The summed E-state index contributed by atoms with van der Waals surface area (Å²) < 4.78 is 5.36. The van der Waals surface area contributed by atoms with Crippen molar-refractivity contribution in [3.63, 3.8) is 0 Å². The molecule has 1 unspecified atom stereocenters. The molecular formula is C15H21N5O. The Morgan fingerprint density at radius 3 is 2.71 bits per heavy atom. The molecule has 1 fully saturated rings. The van der Waals surface area contributed by atoms with Crippen LogP contribution in [0.4, 0.5) is 0 Å². The van der Waals surface area contributed by atoms with Gasteiger partial charge in [-0.2, -0.15) is 4.98 Å². The zero-order chi connectivity index (χ0) is 14.7. The Balaban J connectivity index is 1.67. The van der Waals surface area contributed by atoms with E-state index in [1.54, 1.807) is 12.4 Å². The smallest absolute Gasteiger partial charge is 0.240 e. The molecule has 2 aromatic heterocycles. The largest absolute Gasteiger partial charge is 0.339 e. The second kappa shape index (κ2) is 6.30. The minimum atomic E-state index is 0.442. The Labute approximate surface area is 124 Å². The van der Waals surface area contributed by atoms with E-state index in [4.69, 9.17) is 4.52 Å². The summed E-state index contributed by atoms with van der Waals surface area (Å²) >= 11 is 0. The highest BCUT2D eigenvalue weighted by Crippen LogP contribution is 2.34. The molecule has 0 amide bonds. The van der Waals surface area contributed by atoms with Crippen LogP contribution in [0.1, 0.15) is 37.6 Å². The van der Waals surface area contributed by atoms with E-state index >= 15 is 0 Å². The Hall–Kier alpha value is -1.82. The van der Waals surface area contributed by atoms with Crippen molar-refractivity contribution < 1.29 is 4.52 Å². The first kappa shape index (κ1) is 14.1. The van der Waals surface area contributed by atoms with Crippen LogP contribution < -0.4 is 5.32 Å². The van der Waals surface area contributed by atoms with E-state index in [1.807, 2.05) is 6.92 Å². The number of hydrogen-bond donors (Lipinski definition) is 1. The second-order valence-electron chi connectivity index (χ2n) is 5.70. The third-order valence-corrected chi connectivity index (χ3v) is 3.69. The number of hydrogen-bond acceptors (Lipinski definition) is 6. The number of rotatable bonds is 7. The number of nitrogens with one attached hydrogen (secondary N) is 1. The molecule has 6 nitrogen and oxygen atoms in total. The van der Waals surface area contributed by atoms with Crippen LogP contribution in [-0.2, 0) is 6.42 Å². The molecule has 0 saturated heterocycles. The zero-order valence-corrected chi connectivity index (χ0v) is 12.5. The maximum atomic E-state index is 5.36. The summed E-state index contributed by atoms with van der Waals surface area (Å²) in [5.74, 6) is 2.40. The lowest BCUT2D eigenvalue weighted by molar-refractivity contribution is 0.346. The van der Waals surface area contributed by atoms with E-state index in [9.17, 15) is 0 Å². The fraction of sp³-hybridized carbons (Fsp3) is 0.600. The highest BCUT2D eigenvalue weighted by molar-refractivity contribution is 5.40. The van der Waals surface area contributed by atoms with Crippen molar-refractivity contribution in [1.29, 1.82) is 0 Å². The Kier molecular flexibility index (Phi) is 4.24. The van der Waals surface area contributed by atoms with Crippen LogP contribution in [-0.4, -0.2) is 32.7 Å². The van der Waals surface area contributed by atoms with Gasteiger partial charge in [0.15, 0.2) is 0 Å². The lowest BCUT2D eigenvalue weighted by Crippen LogP contribution is -2.33. The third-order valence-electron chi connectivity index (χ3n) is 3.69. The molecule has 1 aliphatic rings. The molecule has 1 saturated carbocycles. The summed E-state index contributed by atoms with van der Waals surface area (Å²) in [6.07, 6.45) is 8.02. The normalized spacial score (nSPS) is 16.1. The average molecular weight is 287 g/mol. The van der Waals surface area contributed by atoms with Crippen LogP contribution in [0, 0.1) is 12.8 Å². The van der Waals surface area contributed by atoms with Crippen molar-refractivity contribution in [2.24, 2.45) is 5.92 Å². The van der Waals surface area contributed by atoms with Gasteiger partial charge in [-0.1, -0.05) is 12.1 Å². The van der Waals surface area contributed by atoms with Crippen LogP contribution in [0.3, 0.4) is 0 Å². The standard InChI is InChI=1S/C15H21N5O/c1-3-6-16-12(11-4-5-11)7-13-19-15(20-21-13)14-17-8-10(2)9-18-14/h8-9,11-12,16H,3-7H2,1-2H3. The van der Waals surface area contributed by atoms with Gasteiger partial charge < -0.3 is 9.84 Å². The van der Waals surface area contributed by atoms with E-state index < -0.39 is 0 Å². The number of aryl methyl sites for hydroxylation is 1. The summed E-state index contributed by atoms with van der Waals surface area (Å²) in [5.41, 5.74) is 1.01. The summed E-state index contributed by atoms with van der Waals surface area (Å²) in [5, 5.41) is 7.57. The van der Waals surface area contributed by atoms with Gasteiger partial charge in [0.05, 0.1) is 0 Å². The lowest BCUT2D eigenvalue weighted by Gasteiger charge is -2.15. The Bertz CT molecular complexity index is 576. The van der Waals surface area contributed by atoms with Gasteiger partial charge in [-0.15, -0.1) is 0 Å². The first-order valence-electron chi connectivity index (χ1n) is 7.61. The van der Waals surface area contributed by atoms with E-state index in [0.717, 1.165) is 30.9 Å². The Morgan fingerprint density at radius 2 is 2.05 bits per heavy atom. The lowest BCUT2D eigenvalue weighted by atomic mass is 10.1. The SMILES string of the molecule is CCCNC(Cc1nc(-c2ncc(C)cn2)no1)C1CC1. The van der Waals surface area contributed by atoms with E-state index in [-0.39, 0.29) is 0 Å². The van der Waals surface area contributed by atoms with Gasteiger partial charge in [-0.3, -0.25) is 0 Å². The van der Waals surface area contributed by atoms with E-state index in [1.165, 1.54) is 12.8 Å². The monoisotopic (exact) mass is 287 g/mol.